The van der Waals surface area contributed by atoms with Gasteiger partial charge in [-0.05, 0) is 78.8 Å². The van der Waals surface area contributed by atoms with Gasteiger partial charge in [0.25, 0.3) is 0 Å². The molecular weight excluding hydrogens is 506 g/mol. The molecule has 0 spiro atoms. The highest BCUT2D eigenvalue weighted by Crippen LogP contribution is 2.38. The molecule has 42 heavy (non-hydrogen) atoms. The van der Waals surface area contributed by atoms with Gasteiger partial charge < -0.3 is 0 Å². The number of rotatable bonds is 4. The third kappa shape index (κ3) is 4.24. The predicted octanol–water partition coefficient (Wildman–Crippen LogP) is 11.2. The lowest BCUT2D eigenvalue weighted by Gasteiger charge is -2.13. The predicted molar refractivity (Wildman–Crippen MR) is 178 cm³/mol. The number of benzene rings is 7. The van der Waals surface area contributed by atoms with Gasteiger partial charge >= 0.3 is 0 Å². The molecular formula is C41H27N. The molecule has 8 aromatic rings. The highest BCUT2D eigenvalue weighted by Gasteiger charge is 2.12. The molecule has 0 N–H and O–H groups in total. The van der Waals surface area contributed by atoms with E-state index in [9.17, 15) is 0 Å². The number of hydrogen-bond acceptors (Lipinski definition) is 1. The number of nitrogens with zero attached hydrogens (tertiary/aromatic N) is 1. The molecule has 0 bridgehead atoms. The summed E-state index contributed by atoms with van der Waals surface area (Å²) >= 11 is 0. The molecule has 7 aromatic carbocycles. The number of hydrogen-bond donors (Lipinski definition) is 0. The minimum absolute atomic E-state index is 0.967. The fraction of sp³-hybridized carbons (Fsp3) is 0. The van der Waals surface area contributed by atoms with Crippen LogP contribution in [0.15, 0.2) is 164 Å². The van der Waals surface area contributed by atoms with Crippen LogP contribution in [0.1, 0.15) is 0 Å². The van der Waals surface area contributed by atoms with E-state index in [-0.39, 0.29) is 0 Å². The van der Waals surface area contributed by atoms with Gasteiger partial charge in [0.15, 0.2) is 0 Å². The standard InChI is InChI=1S/C41H27N/c1-3-12-28(13-4-1)33-26-40(29-14-5-2-6-15-29)42-41(27-33)32-17-11-16-30(24-32)31-22-23-38-36-20-8-7-18-34(36)35-19-9-10-21-37(35)39(38)25-31/h1-27H. The summed E-state index contributed by atoms with van der Waals surface area (Å²) in [7, 11) is 0. The first-order valence-electron chi connectivity index (χ1n) is 14.4. The van der Waals surface area contributed by atoms with Crippen molar-refractivity contribution in [3.05, 3.63) is 164 Å². The second kappa shape index (κ2) is 10.1. The summed E-state index contributed by atoms with van der Waals surface area (Å²) in [5.41, 5.74) is 8.88. The van der Waals surface area contributed by atoms with E-state index in [0.29, 0.717) is 0 Å². The van der Waals surface area contributed by atoms with Gasteiger partial charge in [0.1, 0.15) is 0 Å². The average Bonchev–Trinajstić information content (AvgIpc) is 3.09. The van der Waals surface area contributed by atoms with Crippen LogP contribution in [0.5, 0.6) is 0 Å². The van der Waals surface area contributed by atoms with Crippen LogP contribution in [0, 0.1) is 0 Å². The van der Waals surface area contributed by atoms with Crippen molar-refractivity contribution in [2.45, 2.75) is 0 Å². The van der Waals surface area contributed by atoms with Gasteiger partial charge in [0.05, 0.1) is 11.4 Å². The molecule has 0 aliphatic carbocycles. The average molecular weight is 534 g/mol. The maximum Gasteiger partial charge on any atom is 0.0715 e. The van der Waals surface area contributed by atoms with Crippen LogP contribution in [0.25, 0.3) is 77.1 Å². The Balaban J connectivity index is 1.29. The quantitative estimate of drug-likeness (QED) is 0.205. The summed E-state index contributed by atoms with van der Waals surface area (Å²) in [5.74, 6) is 0. The summed E-state index contributed by atoms with van der Waals surface area (Å²) in [6.45, 7) is 0. The van der Waals surface area contributed by atoms with Crippen LogP contribution < -0.4 is 0 Å². The third-order valence-electron chi connectivity index (χ3n) is 8.24. The van der Waals surface area contributed by atoms with E-state index >= 15 is 0 Å². The van der Waals surface area contributed by atoms with E-state index in [4.69, 9.17) is 4.98 Å². The van der Waals surface area contributed by atoms with E-state index in [2.05, 4.69) is 158 Å². The lowest BCUT2D eigenvalue weighted by Crippen LogP contribution is -1.91. The van der Waals surface area contributed by atoms with Crippen LogP contribution in [0.3, 0.4) is 0 Å². The van der Waals surface area contributed by atoms with Crippen molar-refractivity contribution in [3.63, 3.8) is 0 Å². The Morgan fingerprint density at radius 2 is 0.690 bits per heavy atom. The first-order valence-corrected chi connectivity index (χ1v) is 14.4. The SMILES string of the molecule is c1ccc(-c2cc(-c3ccccc3)nc(-c3cccc(-c4ccc5c6ccccc6c6ccccc6c5c4)c3)c2)cc1. The fourth-order valence-corrected chi connectivity index (χ4v) is 6.18. The maximum atomic E-state index is 5.16. The molecule has 0 saturated heterocycles. The fourth-order valence-electron chi connectivity index (χ4n) is 6.18. The first kappa shape index (κ1) is 24.3. The molecule has 0 saturated carbocycles. The molecule has 8 rings (SSSR count). The Labute approximate surface area is 245 Å². The van der Waals surface area contributed by atoms with E-state index in [1.165, 1.54) is 49.0 Å². The molecule has 0 amide bonds. The van der Waals surface area contributed by atoms with Crippen molar-refractivity contribution in [1.82, 2.24) is 4.98 Å². The molecule has 196 valence electrons. The van der Waals surface area contributed by atoms with E-state index in [1.54, 1.807) is 0 Å². The largest absolute Gasteiger partial charge is 0.248 e. The zero-order chi connectivity index (χ0) is 27.9. The van der Waals surface area contributed by atoms with Crippen molar-refractivity contribution in [3.8, 4) is 44.8 Å². The van der Waals surface area contributed by atoms with Crippen molar-refractivity contribution in [1.29, 1.82) is 0 Å². The smallest absolute Gasteiger partial charge is 0.0715 e. The zero-order valence-corrected chi connectivity index (χ0v) is 23.0. The molecule has 1 aromatic heterocycles. The van der Waals surface area contributed by atoms with Gasteiger partial charge in [-0.1, -0.05) is 140 Å². The topological polar surface area (TPSA) is 12.9 Å². The van der Waals surface area contributed by atoms with Gasteiger partial charge in [0, 0.05) is 11.1 Å². The summed E-state index contributed by atoms with van der Waals surface area (Å²) in [4.78, 5) is 5.16. The summed E-state index contributed by atoms with van der Waals surface area (Å²) < 4.78 is 0. The number of pyridine rings is 1. The van der Waals surface area contributed by atoms with Gasteiger partial charge in [0.2, 0.25) is 0 Å². The van der Waals surface area contributed by atoms with Crippen LogP contribution >= 0.6 is 0 Å². The highest BCUT2D eigenvalue weighted by molar-refractivity contribution is 6.25. The molecule has 0 radical (unpaired) electrons. The lowest BCUT2D eigenvalue weighted by molar-refractivity contribution is 1.32. The highest BCUT2D eigenvalue weighted by atomic mass is 14.7. The minimum atomic E-state index is 0.967. The molecule has 0 atom stereocenters. The third-order valence-corrected chi connectivity index (χ3v) is 8.24. The molecule has 0 unspecified atom stereocenters. The van der Waals surface area contributed by atoms with Crippen molar-refractivity contribution < 1.29 is 0 Å². The van der Waals surface area contributed by atoms with E-state index in [1.807, 2.05) is 6.07 Å². The summed E-state index contributed by atoms with van der Waals surface area (Å²) in [6.07, 6.45) is 0. The van der Waals surface area contributed by atoms with E-state index < -0.39 is 0 Å². The monoisotopic (exact) mass is 533 g/mol. The maximum absolute atomic E-state index is 5.16. The van der Waals surface area contributed by atoms with Crippen LogP contribution in [-0.2, 0) is 0 Å². The summed E-state index contributed by atoms with van der Waals surface area (Å²) in [6, 6.07) is 58.6. The van der Waals surface area contributed by atoms with Gasteiger partial charge in [-0.2, -0.15) is 0 Å². The van der Waals surface area contributed by atoms with Crippen LogP contribution in [0.2, 0.25) is 0 Å². The van der Waals surface area contributed by atoms with Crippen LogP contribution in [-0.4, -0.2) is 4.98 Å². The second-order valence-electron chi connectivity index (χ2n) is 10.8. The van der Waals surface area contributed by atoms with Crippen molar-refractivity contribution in [2.75, 3.05) is 0 Å². The lowest BCUT2D eigenvalue weighted by atomic mass is 9.91. The molecule has 0 aliphatic heterocycles. The molecule has 0 aliphatic rings. The van der Waals surface area contributed by atoms with Gasteiger partial charge in [-0.15, -0.1) is 0 Å². The molecule has 1 heteroatoms. The summed E-state index contributed by atoms with van der Waals surface area (Å²) in [5, 5.41) is 7.74. The van der Waals surface area contributed by atoms with Crippen molar-refractivity contribution in [2.24, 2.45) is 0 Å². The van der Waals surface area contributed by atoms with Gasteiger partial charge in [-0.25, -0.2) is 4.98 Å². The molecule has 1 nitrogen and oxygen atoms in total. The molecule has 0 fully saturated rings. The number of fused-ring (bicyclic) bond motifs is 6. The van der Waals surface area contributed by atoms with Crippen LogP contribution in [0.4, 0.5) is 0 Å². The second-order valence-corrected chi connectivity index (χ2v) is 10.8. The zero-order valence-electron chi connectivity index (χ0n) is 23.0. The Morgan fingerprint density at radius 3 is 1.33 bits per heavy atom. The number of aromatic nitrogens is 1. The van der Waals surface area contributed by atoms with Crippen molar-refractivity contribution >= 4 is 32.3 Å². The normalized spacial score (nSPS) is 11.3. The Hall–Kier alpha value is -5.53. The Kier molecular flexibility index (Phi) is 5.86. The first-order chi connectivity index (χ1) is 20.8. The Bertz CT molecular complexity index is 2140. The van der Waals surface area contributed by atoms with Gasteiger partial charge in [-0.3, -0.25) is 0 Å². The Morgan fingerprint density at radius 1 is 0.238 bits per heavy atom. The molecule has 1 heterocycles. The van der Waals surface area contributed by atoms with E-state index in [0.717, 1.165) is 28.1 Å². The minimum Gasteiger partial charge on any atom is -0.248 e.